The lowest BCUT2D eigenvalue weighted by Crippen LogP contribution is -2.00. The van der Waals surface area contributed by atoms with E-state index >= 15 is 0 Å². The van der Waals surface area contributed by atoms with Crippen LogP contribution >= 0.6 is 0 Å². The Labute approximate surface area is 217 Å². The summed E-state index contributed by atoms with van der Waals surface area (Å²) in [6.07, 6.45) is 9.34. The molecule has 0 aromatic heterocycles. The van der Waals surface area contributed by atoms with Gasteiger partial charge in [0.1, 0.15) is 11.6 Å². The van der Waals surface area contributed by atoms with Gasteiger partial charge < -0.3 is 0 Å². The zero-order valence-corrected chi connectivity index (χ0v) is 24.5. The monoisotopic (exact) mass is 482 g/mol. The van der Waals surface area contributed by atoms with Gasteiger partial charge in [0.05, 0.1) is 0 Å². The first kappa shape index (κ1) is 34.9. The van der Waals surface area contributed by atoms with Crippen molar-refractivity contribution >= 4 is 11.6 Å². The number of hydrogen-bond donors (Lipinski definition) is 0. The molecule has 0 fully saturated rings. The predicted molar refractivity (Wildman–Crippen MR) is 155 cm³/mol. The maximum absolute atomic E-state index is 10.1. The Morgan fingerprint density at radius 3 is 0.914 bits per heavy atom. The quantitative estimate of drug-likeness (QED) is 0.427. The Balaban J connectivity index is 0. The Hall–Kier alpha value is -2.22. The van der Waals surface area contributed by atoms with Crippen molar-refractivity contribution in [2.24, 2.45) is 11.8 Å². The lowest BCUT2D eigenvalue weighted by atomic mass is 9.92. The minimum atomic E-state index is 0.213. The fourth-order valence-corrected chi connectivity index (χ4v) is 3.19. The van der Waals surface area contributed by atoms with Crippen LogP contribution in [0.2, 0.25) is 0 Å². The highest BCUT2D eigenvalue weighted by Crippen LogP contribution is 2.20. The van der Waals surface area contributed by atoms with Gasteiger partial charge in [0.15, 0.2) is 0 Å². The Bertz CT molecular complexity index is 736. The zero-order valence-electron chi connectivity index (χ0n) is 24.5. The fraction of sp³-hybridized carbons (Fsp3) is 0.576. The van der Waals surface area contributed by atoms with Gasteiger partial charge in [-0.2, -0.15) is 0 Å². The molecule has 2 heteroatoms. The summed E-state index contributed by atoms with van der Waals surface area (Å²) in [5.41, 5.74) is 6.29. The molecule has 2 aromatic rings. The van der Waals surface area contributed by atoms with E-state index < -0.39 is 0 Å². The van der Waals surface area contributed by atoms with Crippen molar-refractivity contribution in [2.75, 3.05) is 0 Å². The summed E-state index contributed by atoms with van der Waals surface area (Å²) in [4.78, 5) is 20.3. The van der Waals surface area contributed by atoms with E-state index in [4.69, 9.17) is 0 Å². The van der Waals surface area contributed by atoms with E-state index in [9.17, 15) is 9.59 Å². The molecular weight excluding hydrogens is 428 g/mol. The van der Waals surface area contributed by atoms with Gasteiger partial charge in [-0.15, -0.1) is 0 Å². The first-order chi connectivity index (χ1) is 16.7. The zero-order chi connectivity index (χ0) is 27.2. The van der Waals surface area contributed by atoms with E-state index in [2.05, 4.69) is 48.5 Å². The molecule has 0 saturated heterocycles. The molecule has 0 unspecified atom stereocenters. The summed E-state index contributed by atoms with van der Waals surface area (Å²) < 4.78 is 0. The van der Waals surface area contributed by atoms with Crippen LogP contribution in [0.4, 0.5) is 0 Å². The maximum Gasteiger partial charge on any atom is 0.132 e. The summed E-state index contributed by atoms with van der Waals surface area (Å²) in [7, 11) is 0. The summed E-state index contributed by atoms with van der Waals surface area (Å²) in [6.45, 7) is 18.8. The third kappa shape index (κ3) is 16.9. The molecule has 198 valence electrons. The fourth-order valence-electron chi connectivity index (χ4n) is 3.19. The second-order valence-electron chi connectivity index (χ2n) is 9.13. The van der Waals surface area contributed by atoms with Gasteiger partial charge in [-0.05, 0) is 81.0 Å². The van der Waals surface area contributed by atoms with E-state index in [1.807, 2.05) is 55.4 Å². The first-order valence-electron chi connectivity index (χ1n) is 13.9. The molecule has 0 amide bonds. The van der Waals surface area contributed by atoms with E-state index in [0.29, 0.717) is 0 Å². The molecule has 0 aliphatic heterocycles. The largest absolute Gasteiger partial charge is 0.300 e. The van der Waals surface area contributed by atoms with Crippen molar-refractivity contribution in [3.63, 3.8) is 0 Å². The molecule has 2 aliphatic carbocycles. The van der Waals surface area contributed by atoms with Crippen LogP contribution in [0, 0.1) is 11.8 Å². The van der Waals surface area contributed by atoms with Gasteiger partial charge in [0, 0.05) is 11.8 Å². The highest BCUT2D eigenvalue weighted by Gasteiger charge is 2.07. The van der Waals surface area contributed by atoms with Crippen molar-refractivity contribution < 1.29 is 9.59 Å². The van der Waals surface area contributed by atoms with Gasteiger partial charge in [0.25, 0.3) is 0 Å². The molecule has 4 rings (SSSR count). The number of Topliss-reactive ketones (excluding diaryl/α,β-unsaturated/α-hetero) is 2. The van der Waals surface area contributed by atoms with Crippen LogP contribution in [0.3, 0.4) is 0 Å². The average molecular weight is 483 g/mol. The van der Waals surface area contributed by atoms with Crippen molar-refractivity contribution in [2.45, 2.75) is 114 Å². The smallest absolute Gasteiger partial charge is 0.132 e. The van der Waals surface area contributed by atoms with Crippen LogP contribution in [0.15, 0.2) is 48.5 Å². The second kappa shape index (κ2) is 22.3. The summed E-state index contributed by atoms with van der Waals surface area (Å²) in [5.74, 6) is 0.944. The Kier molecular flexibility index (Phi) is 22.2. The van der Waals surface area contributed by atoms with Crippen molar-refractivity contribution in [1.82, 2.24) is 0 Å². The summed E-state index contributed by atoms with van der Waals surface area (Å²) >= 11 is 0. The highest BCUT2D eigenvalue weighted by atomic mass is 16.1. The van der Waals surface area contributed by atoms with Crippen molar-refractivity contribution in [1.29, 1.82) is 0 Å². The average Bonchev–Trinajstić information content (AvgIpc) is 3.37. The number of hydrogen-bond acceptors (Lipinski definition) is 2. The number of fused-ring (bicyclic) bond motifs is 2. The molecular formula is C33H54O2. The second-order valence-corrected chi connectivity index (χ2v) is 9.13. The highest BCUT2D eigenvalue weighted by molar-refractivity contribution is 5.77. The molecule has 0 saturated carbocycles. The molecule has 2 aliphatic rings. The van der Waals surface area contributed by atoms with Crippen LogP contribution in [0.5, 0.6) is 0 Å². The SMILES string of the molecule is CC.CC.CC(=O)C(C)C.CC(=O)C(C)C.c1ccc2c(c1)CCC2.c1ccc2c(c1)CCCC2. The number of carbonyl (C=O) groups is 2. The number of benzene rings is 2. The van der Waals surface area contributed by atoms with Crippen LogP contribution in [-0.4, -0.2) is 11.6 Å². The molecule has 0 bridgehead atoms. The molecule has 2 aromatic carbocycles. The first-order valence-corrected chi connectivity index (χ1v) is 13.9. The predicted octanol–water partition coefficient (Wildman–Crippen LogP) is 9.26. The lowest BCUT2D eigenvalue weighted by molar-refractivity contribution is -0.120. The maximum atomic E-state index is 10.1. The van der Waals surface area contributed by atoms with Crippen LogP contribution in [0.25, 0.3) is 0 Å². The minimum Gasteiger partial charge on any atom is -0.300 e. The van der Waals surface area contributed by atoms with Gasteiger partial charge in [-0.25, -0.2) is 0 Å². The lowest BCUT2D eigenvalue weighted by Gasteiger charge is -2.13. The van der Waals surface area contributed by atoms with Gasteiger partial charge >= 0.3 is 0 Å². The van der Waals surface area contributed by atoms with Gasteiger partial charge in [0.2, 0.25) is 0 Å². The summed E-state index contributed by atoms with van der Waals surface area (Å²) in [6, 6.07) is 17.5. The standard InChI is InChI=1S/C10H12.C9H10.2C5H10O.2C2H6/c1-2-6-10-8-4-3-7-9(10)5-1;1-2-5-9-7-3-6-8(9)4-1;2*1-4(2)5(3)6;2*1-2/h1-2,5-6H,3-4,7-8H2;1-2,4-5H,3,6-7H2;2*4H,1-3H3;2*1-2H3. The third-order valence-electron chi connectivity index (χ3n) is 5.90. The van der Waals surface area contributed by atoms with Crippen LogP contribution in [-0.2, 0) is 35.3 Å². The van der Waals surface area contributed by atoms with Crippen LogP contribution < -0.4 is 0 Å². The molecule has 0 spiro atoms. The number of ketones is 2. The van der Waals surface area contributed by atoms with E-state index in [1.54, 1.807) is 36.1 Å². The molecule has 2 nitrogen and oxygen atoms in total. The molecule has 0 N–H and O–H groups in total. The normalized spacial score (nSPS) is 12.2. The van der Waals surface area contributed by atoms with Gasteiger partial charge in [-0.1, -0.05) is 104 Å². The molecule has 0 atom stereocenters. The van der Waals surface area contributed by atoms with E-state index in [1.165, 1.54) is 44.9 Å². The van der Waals surface area contributed by atoms with Crippen molar-refractivity contribution in [3.05, 3.63) is 70.8 Å². The summed E-state index contributed by atoms with van der Waals surface area (Å²) in [5, 5.41) is 0. The van der Waals surface area contributed by atoms with Crippen LogP contribution in [0.1, 0.15) is 111 Å². The van der Waals surface area contributed by atoms with E-state index in [-0.39, 0.29) is 23.4 Å². The molecule has 35 heavy (non-hydrogen) atoms. The Morgan fingerprint density at radius 2 is 0.714 bits per heavy atom. The van der Waals surface area contributed by atoms with Gasteiger partial charge in [-0.3, -0.25) is 9.59 Å². The third-order valence-corrected chi connectivity index (χ3v) is 5.90. The molecule has 0 heterocycles. The molecule has 0 radical (unpaired) electrons. The van der Waals surface area contributed by atoms with E-state index in [0.717, 1.165) is 0 Å². The number of carbonyl (C=O) groups excluding carboxylic acids is 2. The Morgan fingerprint density at radius 1 is 0.514 bits per heavy atom. The minimum absolute atomic E-state index is 0.213. The topological polar surface area (TPSA) is 34.1 Å². The number of rotatable bonds is 2. The number of aryl methyl sites for hydroxylation is 4. The van der Waals surface area contributed by atoms with Crippen molar-refractivity contribution in [3.8, 4) is 0 Å².